The molecule has 3 rings (SSSR count). The fraction of sp³-hybridized carbons (Fsp3) is 0.333. The summed E-state index contributed by atoms with van der Waals surface area (Å²) in [4.78, 5) is 4.75. The number of ether oxygens (including phenoxy) is 2. The molecule has 0 aliphatic carbocycles. The topological polar surface area (TPSA) is 72.7 Å². The van der Waals surface area contributed by atoms with Crippen molar-refractivity contribution in [1.82, 2.24) is 20.4 Å². The van der Waals surface area contributed by atoms with Gasteiger partial charge in [-0.05, 0) is 49.2 Å². The van der Waals surface area contributed by atoms with Crippen LogP contribution in [0.25, 0.3) is 5.69 Å². The van der Waals surface area contributed by atoms with Crippen LogP contribution in [0.3, 0.4) is 0 Å². The summed E-state index contributed by atoms with van der Waals surface area (Å²) in [6.07, 6.45) is 3.71. The van der Waals surface area contributed by atoms with Crippen LogP contribution in [-0.2, 0) is 17.8 Å². The summed E-state index contributed by atoms with van der Waals surface area (Å²) in [5.41, 5.74) is 4.37. The Morgan fingerprint density at radius 3 is 2.72 bits per heavy atom. The first kappa shape index (κ1) is 25.7. The van der Waals surface area contributed by atoms with Crippen molar-refractivity contribution in [3.05, 3.63) is 77.6 Å². The van der Waals surface area contributed by atoms with E-state index in [0.29, 0.717) is 26.3 Å². The Kier molecular flexibility index (Phi) is 11.0. The van der Waals surface area contributed by atoms with Gasteiger partial charge < -0.3 is 20.1 Å². The van der Waals surface area contributed by atoms with Gasteiger partial charge in [-0.1, -0.05) is 24.3 Å². The molecule has 0 aliphatic heterocycles. The van der Waals surface area contributed by atoms with Crippen molar-refractivity contribution in [2.75, 3.05) is 26.9 Å². The number of nitrogens with one attached hydrogen (secondary N) is 2. The number of hydrogen-bond acceptors (Lipinski definition) is 4. The van der Waals surface area contributed by atoms with Crippen LogP contribution < -0.4 is 15.4 Å². The molecular weight excluding hydrogens is 517 g/mol. The van der Waals surface area contributed by atoms with Crippen LogP contribution in [0.5, 0.6) is 5.75 Å². The first-order chi connectivity index (χ1) is 15.2. The van der Waals surface area contributed by atoms with Crippen molar-refractivity contribution in [3.8, 4) is 11.4 Å². The maximum Gasteiger partial charge on any atom is 0.191 e. The molecule has 8 heteroatoms. The number of aromatic nitrogens is 2. The number of hydrogen-bond donors (Lipinski definition) is 2. The smallest absolute Gasteiger partial charge is 0.191 e. The van der Waals surface area contributed by atoms with Crippen LogP contribution in [0, 0.1) is 6.92 Å². The quantitative estimate of drug-likeness (QED) is 0.173. The lowest BCUT2D eigenvalue weighted by Crippen LogP contribution is -2.36. The van der Waals surface area contributed by atoms with E-state index in [1.165, 1.54) is 0 Å². The molecular formula is C24H32IN5O2. The summed E-state index contributed by atoms with van der Waals surface area (Å²) < 4.78 is 12.8. The summed E-state index contributed by atoms with van der Waals surface area (Å²) in [6.45, 7) is 7.15. The molecule has 0 saturated heterocycles. The Balaban J connectivity index is 0.00000363. The van der Waals surface area contributed by atoms with Crippen molar-refractivity contribution in [2.24, 2.45) is 4.99 Å². The third-order valence-corrected chi connectivity index (χ3v) is 4.66. The van der Waals surface area contributed by atoms with E-state index in [0.717, 1.165) is 40.6 Å². The van der Waals surface area contributed by atoms with Crippen LogP contribution in [0.2, 0.25) is 0 Å². The number of guanidine groups is 1. The molecule has 0 fully saturated rings. The summed E-state index contributed by atoms with van der Waals surface area (Å²) in [6, 6.07) is 16.4. The van der Waals surface area contributed by atoms with E-state index in [1.54, 1.807) is 13.3 Å². The van der Waals surface area contributed by atoms with E-state index >= 15 is 0 Å². The van der Waals surface area contributed by atoms with E-state index in [1.807, 2.05) is 29.1 Å². The van der Waals surface area contributed by atoms with Gasteiger partial charge in [-0.25, -0.2) is 9.67 Å². The lowest BCUT2D eigenvalue weighted by molar-refractivity contribution is 0.145. The zero-order chi connectivity index (χ0) is 21.9. The molecule has 0 spiro atoms. The van der Waals surface area contributed by atoms with Gasteiger partial charge >= 0.3 is 0 Å². The molecule has 2 aromatic carbocycles. The third-order valence-electron chi connectivity index (χ3n) is 4.66. The number of methoxy groups -OCH3 is 1. The molecule has 1 aromatic heterocycles. The first-order valence-electron chi connectivity index (χ1n) is 10.5. The number of nitrogens with zero attached hydrogens (tertiary/aromatic N) is 3. The molecule has 32 heavy (non-hydrogen) atoms. The summed E-state index contributed by atoms with van der Waals surface area (Å²) >= 11 is 0. The van der Waals surface area contributed by atoms with Crippen molar-refractivity contribution < 1.29 is 9.47 Å². The standard InChI is InChI=1S/C24H31N5O2.HI/c1-4-25-24(26-17-20-7-5-8-22(16-20)29-12-6-11-28-29)27-18-21-10-9-19(2)15-23(21)31-14-13-30-3;/h5-12,15-16H,4,13-14,17-18H2,1-3H3,(H2,25,26,27);1H. The normalized spacial score (nSPS) is 11.0. The average molecular weight is 549 g/mol. The minimum absolute atomic E-state index is 0. The molecule has 0 saturated carbocycles. The lowest BCUT2D eigenvalue weighted by atomic mass is 10.1. The van der Waals surface area contributed by atoms with E-state index in [4.69, 9.17) is 14.5 Å². The molecule has 172 valence electrons. The van der Waals surface area contributed by atoms with Crippen molar-refractivity contribution in [1.29, 1.82) is 0 Å². The van der Waals surface area contributed by atoms with Gasteiger partial charge in [0, 0.05) is 38.2 Å². The van der Waals surface area contributed by atoms with Gasteiger partial charge in [0.05, 0.1) is 18.8 Å². The number of benzene rings is 2. The maximum atomic E-state index is 5.89. The highest BCUT2D eigenvalue weighted by Crippen LogP contribution is 2.20. The van der Waals surface area contributed by atoms with E-state index in [2.05, 4.69) is 59.9 Å². The van der Waals surface area contributed by atoms with Crippen molar-refractivity contribution in [3.63, 3.8) is 0 Å². The Morgan fingerprint density at radius 1 is 1.09 bits per heavy atom. The predicted molar refractivity (Wildman–Crippen MR) is 139 cm³/mol. The maximum absolute atomic E-state index is 5.89. The predicted octanol–water partition coefficient (Wildman–Crippen LogP) is 4.08. The van der Waals surface area contributed by atoms with Crippen LogP contribution in [0.4, 0.5) is 0 Å². The van der Waals surface area contributed by atoms with Gasteiger partial charge in [-0.15, -0.1) is 24.0 Å². The Labute approximate surface area is 207 Å². The molecule has 1 heterocycles. The second-order valence-electron chi connectivity index (χ2n) is 7.12. The molecule has 0 unspecified atom stereocenters. The molecule has 7 nitrogen and oxygen atoms in total. The average Bonchev–Trinajstić information content (AvgIpc) is 3.32. The van der Waals surface area contributed by atoms with Crippen molar-refractivity contribution >= 4 is 29.9 Å². The van der Waals surface area contributed by atoms with Crippen LogP contribution in [0.15, 0.2) is 65.9 Å². The molecule has 0 aliphatic rings. The highest BCUT2D eigenvalue weighted by molar-refractivity contribution is 14.0. The fourth-order valence-electron chi connectivity index (χ4n) is 3.09. The second-order valence-corrected chi connectivity index (χ2v) is 7.12. The van der Waals surface area contributed by atoms with Gasteiger partial charge in [-0.3, -0.25) is 0 Å². The van der Waals surface area contributed by atoms with E-state index < -0.39 is 0 Å². The summed E-state index contributed by atoms with van der Waals surface area (Å²) in [5.74, 6) is 1.63. The van der Waals surface area contributed by atoms with E-state index in [-0.39, 0.29) is 24.0 Å². The molecule has 2 N–H and O–H groups in total. The summed E-state index contributed by atoms with van der Waals surface area (Å²) in [5, 5.41) is 11.0. The number of aryl methyl sites for hydroxylation is 1. The first-order valence-corrected chi connectivity index (χ1v) is 10.5. The van der Waals surface area contributed by atoms with Crippen molar-refractivity contribution in [2.45, 2.75) is 26.9 Å². The summed E-state index contributed by atoms with van der Waals surface area (Å²) in [7, 11) is 1.67. The monoisotopic (exact) mass is 549 g/mol. The Morgan fingerprint density at radius 2 is 1.97 bits per heavy atom. The van der Waals surface area contributed by atoms with Gasteiger partial charge in [0.2, 0.25) is 0 Å². The van der Waals surface area contributed by atoms with E-state index in [9.17, 15) is 0 Å². The third kappa shape index (κ3) is 7.83. The number of rotatable bonds is 10. The fourth-order valence-corrected chi connectivity index (χ4v) is 3.09. The van der Waals surface area contributed by atoms with Gasteiger partial charge in [-0.2, -0.15) is 5.10 Å². The SMILES string of the molecule is CCNC(=NCc1cccc(-n2cccn2)c1)NCc1ccc(C)cc1OCCOC.I. The van der Waals surface area contributed by atoms with Crippen LogP contribution >= 0.6 is 24.0 Å². The largest absolute Gasteiger partial charge is 0.491 e. The highest BCUT2D eigenvalue weighted by atomic mass is 127. The minimum atomic E-state index is 0. The molecule has 0 atom stereocenters. The number of halogens is 1. The van der Waals surface area contributed by atoms with Gasteiger partial charge in [0.25, 0.3) is 0 Å². The van der Waals surface area contributed by atoms with Gasteiger partial charge in [0.15, 0.2) is 5.96 Å². The highest BCUT2D eigenvalue weighted by Gasteiger charge is 2.06. The molecule has 0 amide bonds. The zero-order valence-electron chi connectivity index (χ0n) is 18.9. The van der Waals surface area contributed by atoms with Crippen LogP contribution in [0.1, 0.15) is 23.6 Å². The second kappa shape index (κ2) is 13.7. The number of aliphatic imine (C=N–C) groups is 1. The molecule has 0 bridgehead atoms. The lowest BCUT2D eigenvalue weighted by Gasteiger charge is -2.15. The molecule has 3 aromatic rings. The Bertz CT molecular complexity index is 976. The van der Waals surface area contributed by atoms with Gasteiger partial charge in [0.1, 0.15) is 12.4 Å². The minimum Gasteiger partial charge on any atom is -0.491 e. The zero-order valence-corrected chi connectivity index (χ0v) is 21.2. The Hall–Kier alpha value is -2.59. The molecule has 0 radical (unpaired) electrons. The van der Waals surface area contributed by atoms with Crippen LogP contribution in [-0.4, -0.2) is 42.6 Å².